The highest BCUT2D eigenvalue weighted by Crippen LogP contribution is 2.36. The van der Waals surface area contributed by atoms with Crippen LogP contribution in [0.25, 0.3) is 11.1 Å². The first-order valence-corrected chi connectivity index (χ1v) is 12.0. The lowest BCUT2D eigenvalue weighted by molar-refractivity contribution is 0.249. The van der Waals surface area contributed by atoms with Crippen molar-refractivity contribution in [2.45, 2.75) is 77.6 Å². The van der Waals surface area contributed by atoms with Crippen LogP contribution in [0.2, 0.25) is 0 Å². The minimum absolute atomic E-state index is 0.342. The second kappa shape index (κ2) is 10.1. The zero-order valence-electron chi connectivity index (χ0n) is 18.5. The lowest BCUT2D eigenvalue weighted by atomic mass is 9.77. The summed E-state index contributed by atoms with van der Waals surface area (Å²) in [7, 11) is 0. The van der Waals surface area contributed by atoms with Crippen LogP contribution < -0.4 is 0 Å². The van der Waals surface area contributed by atoms with Gasteiger partial charge in [-0.25, -0.2) is 13.2 Å². The van der Waals surface area contributed by atoms with E-state index in [9.17, 15) is 13.2 Å². The van der Waals surface area contributed by atoms with Crippen LogP contribution in [-0.4, -0.2) is 0 Å². The fraction of sp³-hybridized carbons (Fsp3) is 0.500. The summed E-state index contributed by atoms with van der Waals surface area (Å²) in [6, 6.07) is 6.96. The lowest BCUT2D eigenvalue weighted by Crippen LogP contribution is -2.15. The van der Waals surface area contributed by atoms with E-state index in [4.69, 9.17) is 0 Å². The molecule has 2 aromatic carbocycles. The van der Waals surface area contributed by atoms with Crippen LogP contribution in [0.15, 0.2) is 42.0 Å². The normalized spacial score (nSPS) is 21.0. The molecule has 1 fully saturated rings. The molecule has 2 aromatic rings. The summed E-state index contributed by atoms with van der Waals surface area (Å²) in [5, 5.41) is 0. The number of allylic oxidation sites excluding steroid dienone is 2. The predicted molar refractivity (Wildman–Crippen MR) is 121 cm³/mol. The predicted octanol–water partition coefficient (Wildman–Crippen LogP) is 8.57. The van der Waals surface area contributed by atoms with Crippen molar-refractivity contribution < 1.29 is 13.2 Å². The third kappa shape index (κ3) is 5.42. The maximum absolute atomic E-state index is 14.8. The van der Waals surface area contributed by atoms with Crippen LogP contribution in [0.3, 0.4) is 0 Å². The van der Waals surface area contributed by atoms with Crippen LogP contribution in [0.1, 0.15) is 75.8 Å². The third-order valence-corrected chi connectivity index (χ3v) is 7.35. The van der Waals surface area contributed by atoms with Crippen molar-refractivity contribution in [3.63, 3.8) is 0 Å². The minimum atomic E-state index is -0.948. The molecule has 3 heteroatoms. The van der Waals surface area contributed by atoms with Gasteiger partial charge in [0.1, 0.15) is 5.82 Å². The van der Waals surface area contributed by atoms with E-state index in [0.717, 1.165) is 54.4 Å². The van der Waals surface area contributed by atoms with Crippen molar-refractivity contribution >= 4 is 0 Å². The number of benzene rings is 2. The average molecular weight is 427 g/mol. The Morgan fingerprint density at radius 3 is 2.26 bits per heavy atom. The van der Waals surface area contributed by atoms with Crippen molar-refractivity contribution in [1.29, 1.82) is 0 Å². The first kappa shape index (κ1) is 22.2. The van der Waals surface area contributed by atoms with Gasteiger partial charge in [-0.05, 0) is 78.5 Å². The maximum Gasteiger partial charge on any atom is 0.159 e. The van der Waals surface area contributed by atoms with Crippen LogP contribution in [0, 0.1) is 29.3 Å². The van der Waals surface area contributed by atoms with Crippen molar-refractivity contribution in [3.05, 3.63) is 70.6 Å². The first-order chi connectivity index (χ1) is 15.0. The Kier molecular flexibility index (Phi) is 7.20. The zero-order chi connectivity index (χ0) is 21.8. The molecular formula is C28H33F3. The van der Waals surface area contributed by atoms with Gasteiger partial charge in [-0.3, -0.25) is 0 Å². The van der Waals surface area contributed by atoms with Gasteiger partial charge in [0.2, 0.25) is 0 Å². The molecule has 0 aromatic heterocycles. The number of hydrogen-bond acceptors (Lipinski definition) is 0. The molecule has 166 valence electrons. The highest BCUT2D eigenvalue weighted by atomic mass is 19.2. The molecule has 0 radical (unpaired) electrons. The van der Waals surface area contributed by atoms with Gasteiger partial charge in [-0.1, -0.05) is 69.6 Å². The summed E-state index contributed by atoms with van der Waals surface area (Å²) >= 11 is 0. The maximum atomic E-state index is 14.8. The fourth-order valence-electron chi connectivity index (χ4n) is 5.35. The van der Waals surface area contributed by atoms with Gasteiger partial charge < -0.3 is 0 Å². The van der Waals surface area contributed by atoms with E-state index in [0.29, 0.717) is 11.1 Å². The summed E-state index contributed by atoms with van der Waals surface area (Å²) in [4.78, 5) is 0. The number of unbranched alkanes of at least 4 members (excludes halogenated alkanes) is 1. The van der Waals surface area contributed by atoms with E-state index in [1.165, 1.54) is 63.0 Å². The molecule has 2 aliphatic carbocycles. The Morgan fingerprint density at radius 2 is 1.55 bits per heavy atom. The fourth-order valence-corrected chi connectivity index (χ4v) is 5.35. The Labute approximate surface area is 184 Å². The van der Waals surface area contributed by atoms with Gasteiger partial charge in [-0.15, -0.1) is 0 Å². The molecule has 0 amide bonds. The molecule has 1 saturated carbocycles. The molecule has 0 bridgehead atoms. The standard InChI is InChI=1S/C28H33F3/c1-2-3-4-19-5-7-20(8-6-19)9-10-21-11-12-22-16-25(27(30)18-24(22)15-21)23-13-14-26(29)28(31)17-23/h11,13-14,16-20H,2-10,12,15H2,1H3. The van der Waals surface area contributed by atoms with Crippen LogP contribution in [-0.2, 0) is 12.8 Å². The van der Waals surface area contributed by atoms with Crippen molar-refractivity contribution in [1.82, 2.24) is 0 Å². The quantitative estimate of drug-likeness (QED) is 0.389. The van der Waals surface area contributed by atoms with E-state index in [-0.39, 0.29) is 5.82 Å². The largest absolute Gasteiger partial charge is 0.206 e. The topological polar surface area (TPSA) is 0 Å². The summed E-state index contributed by atoms with van der Waals surface area (Å²) in [6.45, 7) is 2.27. The summed E-state index contributed by atoms with van der Waals surface area (Å²) in [6.07, 6.45) is 15.8. The second-order valence-electron chi connectivity index (χ2n) is 9.54. The smallest absolute Gasteiger partial charge is 0.159 e. The van der Waals surface area contributed by atoms with Crippen LogP contribution in [0.5, 0.6) is 0 Å². The van der Waals surface area contributed by atoms with E-state index in [1.807, 2.05) is 6.07 Å². The molecule has 0 heterocycles. The first-order valence-electron chi connectivity index (χ1n) is 12.0. The molecule has 31 heavy (non-hydrogen) atoms. The summed E-state index contributed by atoms with van der Waals surface area (Å²) in [5.74, 6) is -0.437. The lowest BCUT2D eigenvalue weighted by Gasteiger charge is -2.29. The Morgan fingerprint density at radius 1 is 0.806 bits per heavy atom. The van der Waals surface area contributed by atoms with Gasteiger partial charge in [-0.2, -0.15) is 0 Å². The highest BCUT2D eigenvalue weighted by Gasteiger charge is 2.22. The van der Waals surface area contributed by atoms with Crippen molar-refractivity contribution in [2.24, 2.45) is 11.8 Å². The molecule has 0 aliphatic heterocycles. The number of halogens is 3. The van der Waals surface area contributed by atoms with Gasteiger partial charge in [0.15, 0.2) is 11.6 Å². The van der Waals surface area contributed by atoms with Gasteiger partial charge in [0.05, 0.1) is 0 Å². The number of hydrogen-bond donors (Lipinski definition) is 0. The number of rotatable bonds is 7. The van der Waals surface area contributed by atoms with E-state index in [2.05, 4.69) is 13.0 Å². The van der Waals surface area contributed by atoms with Crippen molar-refractivity contribution in [2.75, 3.05) is 0 Å². The molecule has 2 aliphatic rings. The molecule has 0 N–H and O–H groups in total. The van der Waals surface area contributed by atoms with Crippen molar-refractivity contribution in [3.8, 4) is 11.1 Å². The SMILES string of the molecule is CCCCC1CCC(CCC2=CCc3cc(-c4ccc(F)c(F)c4)c(F)cc3C2)CC1. The molecule has 0 unspecified atom stereocenters. The zero-order valence-corrected chi connectivity index (χ0v) is 18.5. The number of fused-ring (bicyclic) bond motifs is 1. The molecule has 0 atom stereocenters. The van der Waals surface area contributed by atoms with Crippen LogP contribution in [0.4, 0.5) is 13.2 Å². The molecular weight excluding hydrogens is 393 g/mol. The molecule has 0 spiro atoms. The Bertz CT molecular complexity index is 936. The summed E-state index contributed by atoms with van der Waals surface area (Å²) < 4.78 is 41.6. The summed E-state index contributed by atoms with van der Waals surface area (Å²) in [5.41, 5.74) is 4.25. The average Bonchev–Trinajstić information content (AvgIpc) is 2.78. The molecule has 0 nitrogen and oxygen atoms in total. The third-order valence-electron chi connectivity index (χ3n) is 7.35. The second-order valence-corrected chi connectivity index (χ2v) is 9.54. The molecule has 4 rings (SSSR count). The molecule has 0 saturated heterocycles. The minimum Gasteiger partial charge on any atom is -0.206 e. The Hall–Kier alpha value is -2.03. The highest BCUT2D eigenvalue weighted by molar-refractivity contribution is 5.66. The monoisotopic (exact) mass is 426 g/mol. The van der Waals surface area contributed by atoms with E-state index < -0.39 is 11.6 Å². The van der Waals surface area contributed by atoms with Gasteiger partial charge in [0.25, 0.3) is 0 Å². The van der Waals surface area contributed by atoms with Gasteiger partial charge >= 0.3 is 0 Å². The van der Waals surface area contributed by atoms with E-state index >= 15 is 0 Å². The van der Waals surface area contributed by atoms with Gasteiger partial charge in [0, 0.05) is 5.56 Å². The van der Waals surface area contributed by atoms with E-state index in [1.54, 1.807) is 6.07 Å². The Balaban J connectivity index is 1.35. The van der Waals surface area contributed by atoms with Crippen LogP contribution >= 0.6 is 0 Å².